The van der Waals surface area contributed by atoms with Gasteiger partial charge in [0.2, 0.25) is 0 Å². The molecule has 0 bridgehead atoms. The molecule has 2 aromatic carbocycles. The second-order valence-corrected chi connectivity index (χ2v) is 7.18. The third-order valence-corrected chi connectivity index (χ3v) is 4.77. The van der Waals surface area contributed by atoms with Crippen molar-refractivity contribution in [3.8, 4) is 11.3 Å². The van der Waals surface area contributed by atoms with Gasteiger partial charge in [0.25, 0.3) is 0 Å². The smallest absolute Gasteiger partial charge is 0.337 e. The molecule has 0 saturated heterocycles. The predicted octanol–water partition coefficient (Wildman–Crippen LogP) is 5.01. The highest BCUT2D eigenvalue weighted by molar-refractivity contribution is 9.10. The van der Waals surface area contributed by atoms with Gasteiger partial charge < -0.3 is 13.6 Å². The van der Waals surface area contributed by atoms with E-state index < -0.39 is 11.9 Å². The fourth-order valence-electron chi connectivity index (χ4n) is 2.80. The molecule has 0 spiro atoms. The number of nitrogens with one attached hydrogen (secondary N) is 1. The second-order valence-electron chi connectivity index (χ2n) is 6.26. The lowest BCUT2D eigenvalue weighted by molar-refractivity contribution is 0.0600. The summed E-state index contributed by atoms with van der Waals surface area (Å²) >= 11 is 3.38. The molecule has 0 fully saturated rings. The number of hydrogen-bond acceptors (Lipinski definition) is 6. The molecule has 0 aliphatic carbocycles. The van der Waals surface area contributed by atoms with Gasteiger partial charge >= 0.3 is 11.9 Å². The first-order valence-electron chi connectivity index (χ1n) is 8.84. The number of hydrazone groups is 1. The number of nitrogens with zero attached hydrogens (tertiary/aromatic N) is 1. The largest absolute Gasteiger partial charge is 0.465 e. The van der Waals surface area contributed by atoms with E-state index in [1.807, 2.05) is 12.1 Å². The van der Waals surface area contributed by atoms with E-state index in [1.165, 1.54) is 13.3 Å². The van der Waals surface area contributed by atoms with Gasteiger partial charge in [0, 0.05) is 15.4 Å². The highest BCUT2D eigenvalue weighted by Crippen LogP contribution is 2.24. The Kier molecular flexibility index (Phi) is 5.49. The molecule has 2 aromatic heterocycles. The molecule has 0 atom stereocenters. The molecule has 30 heavy (non-hydrogen) atoms. The topological polar surface area (TPSA) is 94.0 Å². The number of halogens is 1. The quantitative estimate of drug-likeness (QED) is 0.253. The number of furan rings is 2. The molecule has 0 saturated carbocycles. The molecule has 8 heteroatoms. The molecule has 0 aliphatic heterocycles. The van der Waals surface area contributed by atoms with Crippen molar-refractivity contribution in [2.45, 2.75) is 0 Å². The Hall–Kier alpha value is -3.65. The van der Waals surface area contributed by atoms with Crippen LogP contribution in [-0.4, -0.2) is 25.2 Å². The van der Waals surface area contributed by atoms with Gasteiger partial charge in [0.1, 0.15) is 17.1 Å². The summed E-state index contributed by atoms with van der Waals surface area (Å²) < 4.78 is 16.8. The van der Waals surface area contributed by atoms with Gasteiger partial charge in [-0.05, 0) is 48.5 Å². The van der Waals surface area contributed by atoms with E-state index in [-0.39, 0.29) is 5.76 Å². The van der Waals surface area contributed by atoms with Crippen LogP contribution in [0.25, 0.3) is 22.3 Å². The van der Waals surface area contributed by atoms with Gasteiger partial charge in [-0.15, -0.1) is 0 Å². The van der Waals surface area contributed by atoms with E-state index in [1.54, 1.807) is 48.5 Å². The molecule has 0 radical (unpaired) electrons. The van der Waals surface area contributed by atoms with Crippen LogP contribution in [0.3, 0.4) is 0 Å². The monoisotopic (exact) mass is 466 g/mol. The highest BCUT2D eigenvalue weighted by Gasteiger charge is 2.12. The van der Waals surface area contributed by atoms with Crippen molar-refractivity contribution >= 4 is 45.0 Å². The van der Waals surface area contributed by atoms with Crippen molar-refractivity contribution in [2.24, 2.45) is 5.10 Å². The first-order chi connectivity index (χ1) is 14.5. The summed E-state index contributed by atoms with van der Waals surface area (Å²) in [6.07, 6.45) is 1.39. The van der Waals surface area contributed by atoms with Gasteiger partial charge in [-0.2, -0.15) is 5.10 Å². The zero-order chi connectivity index (χ0) is 21.1. The maximum atomic E-state index is 12.2. The van der Waals surface area contributed by atoms with Crippen molar-refractivity contribution < 1.29 is 23.2 Å². The van der Waals surface area contributed by atoms with E-state index in [0.717, 1.165) is 15.4 Å². The minimum absolute atomic E-state index is 0.158. The van der Waals surface area contributed by atoms with Crippen LogP contribution in [0.5, 0.6) is 0 Å². The lowest BCUT2D eigenvalue weighted by Crippen LogP contribution is -2.16. The lowest BCUT2D eigenvalue weighted by atomic mass is 10.1. The van der Waals surface area contributed by atoms with E-state index in [9.17, 15) is 9.59 Å². The summed E-state index contributed by atoms with van der Waals surface area (Å²) in [4.78, 5) is 23.7. The maximum absolute atomic E-state index is 12.2. The minimum Gasteiger partial charge on any atom is -0.465 e. The van der Waals surface area contributed by atoms with Gasteiger partial charge in [0.05, 0.1) is 18.9 Å². The van der Waals surface area contributed by atoms with Crippen molar-refractivity contribution in [2.75, 3.05) is 7.11 Å². The minimum atomic E-state index is -0.469. The van der Waals surface area contributed by atoms with Crippen LogP contribution in [0.4, 0.5) is 0 Å². The molecule has 4 rings (SSSR count). The first-order valence-corrected chi connectivity index (χ1v) is 9.64. The van der Waals surface area contributed by atoms with Gasteiger partial charge in [-0.3, -0.25) is 4.79 Å². The van der Waals surface area contributed by atoms with Crippen LogP contribution in [0.15, 0.2) is 79.1 Å². The molecular weight excluding hydrogens is 452 g/mol. The van der Waals surface area contributed by atoms with Crippen LogP contribution >= 0.6 is 15.9 Å². The third-order valence-electron chi connectivity index (χ3n) is 4.28. The number of methoxy groups -OCH3 is 1. The van der Waals surface area contributed by atoms with Gasteiger partial charge in [-0.1, -0.05) is 28.1 Å². The summed E-state index contributed by atoms with van der Waals surface area (Å²) in [5, 5.41) is 4.72. The average Bonchev–Trinajstić information content (AvgIpc) is 3.40. The zero-order valence-corrected chi connectivity index (χ0v) is 17.3. The SMILES string of the molecule is COC(=O)c1ccc(-c2ccc(/C=N/NC(=O)c3cc4cc(Br)ccc4o3)o2)cc1. The Bertz CT molecular complexity index is 1250. The first kappa shape index (κ1) is 19.7. The average molecular weight is 467 g/mol. The molecule has 150 valence electrons. The van der Waals surface area contributed by atoms with E-state index >= 15 is 0 Å². The number of rotatable bonds is 5. The number of esters is 1. The van der Waals surface area contributed by atoms with E-state index in [0.29, 0.717) is 22.7 Å². The maximum Gasteiger partial charge on any atom is 0.337 e. The Morgan fingerprint density at radius 3 is 2.60 bits per heavy atom. The van der Waals surface area contributed by atoms with Gasteiger partial charge in [-0.25, -0.2) is 10.2 Å². The Labute approximate surface area is 179 Å². The van der Waals surface area contributed by atoms with Crippen molar-refractivity contribution in [1.82, 2.24) is 5.43 Å². The van der Waals surface area contributed by atoms with Crippen LogP contribution in [0, 0.1) is 0 Å². The van der Waals surface area contributed by atoms with E-state index in [4.69, 9.17) is 8.83 Å². The van der Waals surface area contributed by atoms with Crippen LogP contribution in [0.2, 0.25) is 0 Å². The molecule has 4 aromatic rings. The van der Waals surface area contributed by atoms with Crippen molar-refractivity contribution in [3.63, 3.8) is 0 Å². The highest BCUT2D eigenvalue weighted by atomic mass is 79.9. The summed E-state index contributed by atoms with van der Waals surface area (Å²) in [5.41, 5.74) is 4.27. The summed E-state index contributed by atoms with van der Waals surface area (Å²) in [6, 6.07) is 17.4. The van der Waals surface area contributed by atoms with Gasteiger partial charge in [0.15, 0.2) is 5.76 Å². The van der Waals surface area contributed by atoms with Crippen LogP contribution in [0.1, 0.15) is 26.7 Å². The Morgan fingerprint density at radius 2 is 1.83 bits per heavy atom. The number of benzene rings is 2. The number of fused-ring (bicyclic) bond motifs is 1. The molecular formula is C22H15BrN2O5. The molecule has 7 nitrogen and oxygen atoms in total. The predicted molar refractivity (Wildman–Crippen MR) is 114 cm³/mol. The summed E-state index contributed by atoms with van der Waals surface area (Å²) in [7, 11) is 1.33. The zero-order valence-electron chi connectivity index (χ0n) is 15.7. The number of hydrogen-bond donors (Lipinski definition) is 1. The number of amides is 1. The van der Waals surface area contributed by atoms with Crippen LogP contribution in [-0.2, 0) is 4.74 Å². The third kappa shape index (κ3) is 4.18. The summed E-state index contributed by atoms with van der Waals surface area (Å²) in [6.45, 7) is 0. The fourth-order valence-corrected chi connectivity index (χ4v) is 3.18. The second kappa shape index (κ2) is 8.38. The molecule has 2 heterocycles. The van der Waals surface area contributed by atoms with Crippen LogP contribution < -0.4 is 5.43 Å². The molecule has 1 N–H and O–H groups in total. The van der Waals surface area contributed by atoms with Crippen molar-refractivity contribution in [3.05, 3.63) is 82.2 Å². The number of ether oxygens (including phenoxy) is 1. The molecule has 0 unspecified atom stereocenters. The normalized spacial score (nSPS) is 11.1. The van der Waals surface area contributed by atoms with Crippen molar-refractivity contribution in [1.29, 1.82) is 0 Å². The number of carbonyl (C=O) groups is 2. The number of carbonyl (C=O) groups excluding carboxylic acids is 2. The van der Waals surface area contributed by atoms with E-state index in [2.05, 4.69) is 31.2 Å². The fraction of sp³-hybridized carbons (Fsp3) is 0.0455. The Morgan fingerprint density at radius 1 is 1.03 bits per heavy atom. The lowest BCUT2D eigenvalue weighted by Gasteiger charge is -2.00. The Balaban J connectivity index is 1.41. The molecule has 1 amide bonds. The molecule has 0 aliphatic rings. The summed E-state index contributed by atoms with van der Waals surface area (Å²) in [5.74, 6) is 0.342. The standard InChI is InChI=1S/C22H15BrN2O5/c1-28-22(27)14-4-2-13(3-5-14)18-9-7-17(29-18)12-24-25-21(26)20-11-15-10-16(23)6-8-19(15)30-20/h2-12H,1H3,(H,25,26)/b24-12+.